The van der Waals surface area contributed by atoms with Crippen LogP contribution in [0.1, 0.15) is 13.8 Å². The first kappa shape index (κ1) is 10.9. The zero-order chi connectivity index (χ0) is 11.5. The summed E-state index contributed by atoms with van der Waals surface area (Å²) >= 11 is 0. The molecule has 2 aromatic rings. The van der Waals surface area contributed by atoms with Gasteiger partial charge in [0, 0.05) is 16.8 Å². The number of hydrogen-bond acceptors (Lipinski definition) is 3. The maximum absolute atomic E-state index is 4.14. The van der Waals surface area contributed by atoms with Gasteiger partial charge in [0.15, 0.2) is 13.1 Å². The van der Waals surface area contributed by atoms with Crippen molar-refractivity contribution in [2.45, 2.75) is 26.7 Å². The second-order valence-corrected chi connectivity index (χ2v) is 4.27. The van der Waals surface area contributed by atoms with E-state index in [1.54, 1.807) is 0 Å². The SMILES string of the molecule is CBc1ccc2c(NC(C)C)nncc2c1. The van der Waals surface area contributed by atoms with Crippen LogP contribution in [-0.4, -0.2) is 23.5 Å². The van der Waals surface area contributed by atoms with Crippen molar-refractivity contribution < 1.29 is 0 Å². The van der Waals surface area contributed by atoms with Gasteiger partial charge in [-0.3, -0.25) is 0 Å². The Bertz CT molecular complexity index is 497. The van der Waals surface area contributed by atoms with Gasteiger partial charge in [-0.05, 0) is 13.8 Å². The number of aromatic nitrogens is 2. The van der Waals surface area contributed by atoms with E-state index in [9.17, 15) is 0 Å². The van der Waals surface area contributed by atoms with Crippen LogP contribution >= 0.6 is 0 Å². The van der Waals surface area contributed by atoms with E-state index >= 15 is 0 Å². The Morgan fingerprint density at radius 2 is 2.12 bits per heavy atom. The maximum Gasteiger partial charge on any atom is 0.156 e. The molecule has 0 aliphatic carbocycles. The van der Waals surface area contributed by atoms with Gasteiger partial charge in [-0.2, -0.15) is 5.10 Å². The largest absolute Gasteiger partial charge is 0.366 e. The van der Waals surface area contributed by atoms with E-state index in [1.165, 1.54) is 5.46 Å². The van der Waals surface area contributed by atoms with Gasteiger partial charge >= 0.3 is 0 Å². The monoisotopic (exact) mass is 213 g/mol. The fraction of sp³-hybridized carbons (Fsp3) is 0.333. The van der Waals surface area contributed by atoms with Crippen LogP contribution in [-0.2, 0) is 0 Å². The van der Waals surface area contributed by atoms with E-state index < -0.39 is 0 Å². The quantitative estimate of drug-likeness (QED) is 0.786. The molecule has 2 rings (SSSR count). The van der Waals surface area contributed by atoms with Gasteiger partial charge in [0.05, 0.1) is 6.20 Å². The smallest absolute Gasteiger partial charge is 0.156 e. The number of nitrogens with zero attached hydrogens (tertiary/aromatic N) is 2. The summed E-state index contributed by atoms with van der Waals surface area (Å²) in [5.74, 6) is 0.871. The summed E-state index contributed by atoms with van der Waals surface area (Å²) in [5, 5.41) is 13.8. The van der Waals surface area contributed by atoms with Crippen molar-refractivity contribution in [3.8, 4) is 0 Å². The van der Waals surface area contributed by atoms with E-state index in [2.05, 4.69) is 54.4 Å². The van der Waals surface area contributed by atoms with Crippen molar-refractivity contribution in [1.82, 2.24) is 10.2 Å². The average molecular weight is 213 g/mol. The summed E-state index contributed by atoms with van der Waals surface area (Å²) in [6.07, 6.45) is 1.82. The Morgan fingerprint density at radius 3 is 2.81 bits per heavy atom. The van der Waals surface area contributed by atoms with Crippen LogP contribution in [0.15, 0.2) is 24.4 Å². The number of hydrogen-bond donors (Lipinski definition) is 1. The maximum atomic E-state index is 4.14. The minimum absolute atomic E-state index is 0.366. The normalized spacial score (nSPS) is 10.8. The Kier molecular flexibility index (Phi) is 3.08. The summed E-state index contributed by atoms with van der Waals surface area (Å²) < 4.78 is 0. The van der Waals surface area contributed by atoms with Gasteiger partial charge in [-0.1, -0.05) is 30.5 Å². The topological polar surface area (TPSA) is 37.8 Å². The minimum atomic E-state index is 0.366. The summed E-state index contributed by atoms with van der Waals surface area (Å²) in [4.78, 5) is 0. The molecule has 0 atom stereocenters. The van der Waals surface area contributed by atoms with Crippen LogP contribution in [0.2, 0.25) is 6.82 Å². The number of fused-ring (bicyclic) bond motifs is 1. The van der Waals surface area contributed by atoms with E-state index in [4.69, 9.17) is 0 Å². The number of benzene rings is 1. The molecular weight excluding hydrogens is 197 g/mol. The first-order valence-corrected chi connectivity index (χ1v) is 5.71. The number of nitrogens with one attached hydrogen (secondary N) is 1. The van der Waals surface area contributed by atoms with Gasteiger partial charge in [0.1, 0.15) is 0 Å². The number of rotatable bonds is 3. The molecule has 0 fully saturated rings. The second-order valence-electron chi connectivity index (χ2n) is 4.27. The fourth-order valence-corrected chi connectivity index (χ4v) is 1.74. The fourth-order valence-electron chi connectivity index (χ4n) is 1.74. The van der Waals surface area contributed by atoms with Crippen LogP contribution in [0.4, 0.5) is 5.82 Å². The third-order valence-electron chi connectivity index (χ3n) is 2.56. The lowest BCUT2D eigenvalue weighted by molar-refractivity contribution is 0.879. The summed E-state index contributed by atoms with van der Waals surface area (Å²) in [6, 6.07) is 6.81. The molecule has 0 radical (unpaired) electrons. The molecule has 0 saturated heterocycles. The lowest BCUT2D eigenvalue weighted by atomic mass is 9.73. The van der Waals surface area contributed by atoms with Gasteiger partial charge in [0.2, 0.25) is 0 Å². The Labute approximate surface area is 96.5 Å². The molecule has 3 nitrogen and oxygen atoms in total. The highest BCUT2D eigenvalue weighted by molar-refractivity contribution is 6.52. The molecule has 0 spiro atoms. The second kappa shape index (κ2) is 4.52. The van der Waals surface area contributed by atoms with Crippen LogP contribution in [0.5, 0.6) is 0 Å². The molecule has 1 aromatic heterocycles. The summed E-state index contributed by atoms with van der Waals surface area (Å²) in [6.45, 7) is 6.35. The Morgan fingerprint density at radius 1 is 1.31 bits per heavy atom. The molecule has 4 heteroatoms. The highest BCUT2D eigenvalue weighted by Crippen LogP contribution is 2.18. The van der Waals surface area contributed by atoms with Crippen molar-refractivity contribution in [2.24, 2.45) is 0 Å². The lowest BCUT2D eigenvalue weighted by Crippen LogP contribution is -2.13. The first-order valence-electron chi connectivity index (χ1n) is 5.71. The predicted molar refractivity (Wildman–Crippen MR) is 70.9 cm³/mol. The molecule has 0 unspecified atom stereocenters. The van der Waals surface area contributed by atoms with Crippen LogP contribution in [0.25, 0.3) is 10.8 Å². The summed E-state index contributed by atoms with van der Waals surface area (Å²) in [7, 11) is 1.05. The van der Waals surface area contributed by atoms with Crippen LogP contribution < -0.4 is 10.8 Å². The van der Waals surface area contributed by atoms with Gasteiger partial charge in [0.25, 0.3) is 0 Å². The van der Waals surface area contributed by atoms with Crippen LogP contribution in [0.3, 0.4) is 0 Å². The van der Waals surface area contributed by atoms with Gasteiger partial charge in [-0.25, -0.2) is 0 Å². The molecule has 1 heterocycles. The third-order valence-corrected chi connectivity index (χ3v) is 2.56. The van der Waals surface area contributed by atoms with Gasteiger partial charge in [-0.15, -0.1) is 5.10 Å². The molecule has 0 bridgehead atoms. The van der Waals surface area contributed by atoms with E-state index in [0.29, 0.717) is 6.04 Å². The van der Waals surface area contributed by atoms with Crippen molar-refractivity contribution >= 4 is 29.3 Å². The van der Waals surface area contributed by atoms with Crippen LogP contribution in [0, 0.1) is 0 Å². The molecule has 82 valence electrons. The van der Waals surface area contributed by atoms with Crippen molar-refractivity contribution in [3.63, 3.8) is 0 Å². The molecule has 1 aromatic carbocycles. The molecular formula is C12H16BN3. The molecule has 0 aliphatic rings. The summed E-state index contributed by atoms with van der Waals surface area (Å²) in [5.41, 5.74) is 1.33. The Balaban J connectivity index is 2.51. The lowest BCUT2D eigenvalue weighted by Gasteiger charge is -2.11. The van der Waals surface area contributed by atoms with Gasteiger partial charge < -0.3 is 5.32 Å². The predicted octanol–water partition coefficient (Wildman–Crippen LogP) is 1.56. The van der Waals surface area contributed by atoms with Crippen molar-refractivity contribution in [2.75, 3.05) is 5.32 Å². The standard InChI is InChI=1S/C12H16BN3/c1-8(2)15-12-11-5-4-10(13-3)6-9(11)7-14-16-12/h4-8,13H,1-3H3,(H,15,16). The third kappa shape index (κ3) is 2.16. The average Bonchev–Trinajstić information content (AvgIpc) is 2.28. The molecule has 16 heavy (non-hydrogen) atoms. The molecule has 0 amide bonds. The zero-order valence-electron chi connectivity index (χ0n) is 9.99. The number of anilines is 1. The van der Waals surface area contributed by atoms with E-state index in [1.807, 2.05) is 6.20 Å². The van der Waals surface area contributed by atoms with E-state index in [0.717, 1.165) is 23.9 Å². The van der Waals surface area contributed by atoms with Crippen molar-refractivity contribution in [3.05, 3.63) is 24.4 Å². The van der Waals surface area contributed by atoms with E-state index in [-0.39, 0.29) is 0 Å². The minimum Gasteiger partial charge on any atom is -0.366 e. The molecule has 0 saturated carbocycles. The zero-order valence-corrected chi connectivity index (χ0v) is 9.99. The highest BCUT2D eigenvalue weighted by Gasteiger charge is 2.04. The molecule has 0 aliphatic heterocycles. The molecule has 1 N–H and O–H groups in total. The van der Waals surface area contributed by atoms with Crippen molar-refractivity contribution in [1.29, 1.82) is 0 Å². The Hall–Kier alpha value is -1.58. The first-order chi connectivity index (χ1) is 7.70. The highest BCUT2D eigenvalue weighted by atomic mass is 15.2.